The van der Waals surface area contributed by atoms with Gasteiger partial charge in [0, 0.05) is 31.5 Å². The van der Waals surface area contributed by atoms with Crippen molar-refractivity contribution in [2.45, 2.75) is 37.8 Å². The van der Waals surface area contributed by atoms with Crippen LogP contribution in [0.25, 0.3) is 0 Å². The fraction of sp³-hybridized carbons (Fsp3) is 0.667. The predicted molar refractivity (Wildman–Crippen MR) is 94.5 cm³/mol. The molecule has 4 atom stereocenters. The van der Waals surface area contributed by atoms with E-state index >= 15 is 0 Å². The van der Waals surface area contributed by atoms with Crippen molar-refractivity contribution in [3.8, 4) is 6.07 Å². The summed E-state index contributed by atoms with van der Waals surface area (Å²) < 4.78 is 0. The third kappa shape index (κ3) is 3.79. The fourth-order valence-corrected chi connectivity index (χ4v) is 4.69. The van der Waals surface area contributed by atoms with Gasteiger partial charge in [0.15, 0.2) is 11.5 Å². The Balaban J connectivity index is 0.000000613. The first-order valence-electron chi connectivity index (χ1n) is 9.14. The van der Waals surface area contributed by atoms with E-state index in [2.05, 4.69) is 25.8 Å². The highest BCUT2D eigenvalue weighted by Crippen LogP contribution is 2.40. The van der Waals surface area contributed by atoms with Gasteiger partial charge in [-0.1, -0.05) is 0 Å². The highest BCUT2D eigenvalue weighted by molar-refractivity contribution is 5.50. The molecule has 4 rings (SSSR count). The maximum atomic E-state index is 10.6. The van der Waals surface area contributed by atoms with Crippen LogP contribution < -0.4 is 4.90 Å². The predicted octanol–water partition coefficient (Wildman–Crippen LogP) is 0.721. The number of hydrogen-bond donors (Lipinski definition) is 2. The summed E-state index contributed by atoms with van der Waals surface area (Å²) in [6.07, 6.45) is 7.45. The monoisotopic (exact) mass is 359 g/mol. The van der Waals surface area contributed by atoms with Crippen molar-refractivity contribution in [1.29, 1.82) is 5.26 Å². The first kappa shape index (κ1) is 18.5. The average Bonchev–Trinajstić information content (AvgIpc) is 3.31. The number of nitrogens with zero attached hydrogens (tertiary/aromatic N) is 5. The molecule has 2 aliphatic heterocycles. The smallest absolute Gasteiger partial charge is 0.290 e. The Bertz CT molecular complexity index is 658. The van der Waals surface area contributed by atoms with Crippen LogP contribution in [0.3, 0.4) is 0 Å². The summed E-state index contributed by atoms with van der Waals surface area (Å²) in [5, 5.41) is 26.7. The molecule has 1 aromatic rings. The second-order valence-electron chi connectivity index (χ2n) is 7.22. The van der Waals surface area contributed by atoms with Crippen molar-refractivity contribution < 1.29 is 15.0 Å². The molecule has 0 bridgehead atoms. The Hall–Kier alpha value is -2.24. The molecule has 0 unspecified atom stereocenters. The molecule has 0 spiro atoms. The Labute approximate surface area is 153 Å². The lowest BCUT2D eigenvalue weighted by Crippen LogP contribution is -2.48. The minimum atomic E-state index is -0.250. The van der Waals surface area contributed by atoms with E-state index in [1.165, 1.54) is 12.8 Å². The molecule has 140 valence electrons. The third-order valence-corrected chi connectivity index (χ3v) is 5.80. The Morgan fingerprint density at radius 3 is 2.42 bits per heavy atom. The van der Waals surface area contributed by atoms with Gasteiger partial charge in [0.25, 0.3) is 6.47 Å². The first-order valence-corrected chi connectivity index (χ1v) is 9.14. The summed E-state index contributed by atoms with van der Waals surface area (Å²) in [4.78, 5) is 21.5. The maximum absolute atomic E-state index is 10.6. The van der Waals surface area contributed by atoms with Gasteiger partial charge in [0.05, 0.1) is 6.10 Å². The number of nitriles is 1. The molecule has 1 saturated carbocycles. The maximum Gasteiger partial charge on any atom is 0.290 e. The first-order chi connectivity index (χ1) is 12.7. The van der Waals surface area contributed by atoms with Crippen LogP contribution in [0.4, 0.5) is 5.82 Å². The molecule has 0 radical (unpaired) electrons. The van der Waals surface area contributed by atoms with E-state index in [-0.39, 0.29) is 12.6 Å². The molecule has 1 aromatic heterocycles. The molecule has 0 amide bonds. The van der Waals surface area contributed by atoms with Gasteiger partial charge < -0.3 is 15.1 Å². The van der Waals surface area contributed by atoms with Gasteiger partial charge in [-0.15, -0.1) is 0 Å². The van der Waals surface area contributed by atoms with Crippen molar-refractivity contribution in [2.75, 3.05) is 31.1 Å². The molecule has 1 aliphatic carbocycles. The van der Waals surface area contributed by atoms with Gasteiger partial charge in [0.1, 0.15) is 6.07 Å². The Morgan fingerprint density at radius 1 is 1.15 bits per heavy atom. The minimum Gasteiger partial charge on any atom is -0.483 e. The number of likely N-dealkylation sites (tertiary alicyclic amines) is 1. The molecule has 8 heteroatoms. The van der Waals surface area contributed by atoms with Crippen LogP contribution in [0, 0.1) is 23.2 Å². The molecule has 3 fully saturated rings. The summed E-state index contributed by atoms with van der Waals surface area (Å²) in [5.74, 6) is 1.78. The fourth-order valence-electron chi connectivity index (χ4n) is 4.69. The minimum absolute atomic E-state index is 0.216. The van der Waals surface area contributed by atoms with E-state index in [9.17, 15) is 10.4 Å². The van der Waals surface area contributed by atoms with Gasteiger partial charge in [-0.3, -0.25) is 9.69 Å². The second kappa shape index (κ2) is 8.43. The van der Waals surface area contributed by atoms with Gasteiger partial charge >= 0.3 is 0 Å². The van der Waals surface area contributed by atoms with E-state index < -0.39 is 0 Å². The van der Waals surface area contributed by atoms with Gasteiger partial charge in [0.2, 0.25) is 0 Å². The Morgan fingerprint density at radius 2 is 1.77 bits per heavy atom. The lowest BCUT2D eigenvalue weighted by atomic mass is 9.77. The molecular weight excluding hydrogens is 334 g/mol. The summed E-state index contributed by atoms with van der Waals surface area (Å²) in [6.45, 7) is 3.81. The standard InChI is InChI=1S/C17H23N5O.CH2O2/c18-9-14-17(20-4-3-19-14)22-10-12-7-15(21-5-1-2-6-21)16(23)8-13(12)11-22;2-1-3/h3-4,12-13,15-16,23H,1-2,5-8,10-11H2;1H,(H,2,3)/t12-,13+,15-,16-;/m1./s1. The van der Waals surface area contributed by atoms with Crippen molar-refractivity contribution in [3.05, 3.63) is 18.1 Å². The summed E-state index contributed by atoms with van der Waals surface area (Å²) >= 11 is 0. The van der Waals surface area contributed by atoms with Crippen LogP contribution >= 0.6 is 0 Å². The molecule has 3 heterocycles. The zero-order chi connectivity index (χ0) is 18.5. The van der Waals surface area contributed by atoms with Crippen LogP contribution in [0.1, 0.15) is 31.4 Å². The van der Waals surface area contributed by atoms with E-state index in [0.29, 0.717) is 29.4 Å². The number of hydrogen-bond acceptors (Lipinski definition) is 7. The number of aromatic nitrogens is 2. The highest BCUT2D eigenvalue weighted by atomic mass is 16.3. The molecule has 3 aliphatic rings. The number of carbonyl (C=O) groups is 1. The summed E-state index contributed by atoms with van der Waals surface area (Å²) in [5.41, 5.74) is 0.405. The van der Waals surface area contributed by atoms with Gasteiger partial charge in [-0.05, 0) is 50.6 Å². The topological polar surface area (TPSA) is 114 Å². The molecule has 26 heavy (non-hydrogen) atoms. The number of anilines is 1. The highest BCUT2D eigenvalue weighted by Gasteiger charge is 2.44. The zero-order valence-electron chi connectivity index (χ0n) is 14.7. The summed E-state index contributed by atoms with van der Waals surface area (Å²) in [6, 6.07) is 2.46. The van der Waals surface area contributed by atoms with Crippen LogP contribution in [0.5, 0.6) is 0 Å². The van der Waals surface area contributed by atoms with Gasteiger partial charge in [-0.25, -0.2) is 9.97 Å². The van der Waals surface area contributed by atoms with Crippen molar-refractivity contribution in [2.24, 2.45) is 11.8 Å². The largest absolute Gasteiger partial charge is 0.483 e. The number of aliphatic hydroxyl groups is 1. The summed E-state index contributed by atoms with van der Waals surface area (Å²) in [7, 11) is 0. The molecular formula is C18H25N5O3. The van der Waals surface area contributed by atoms with Crippen LogP contribution in [-0.4, -0.2) is 69.9 Å². The van der Waals surface area contributed by atoms with E-state index in [1.54, 1.807) is 12.4 Å². The molecule has 0 aromatic carbocycles. The van der Waals surface area contributed by atoms with E-state index in [4.69, 9.17) is 9.90 Å². The van der Waals surface area contributed by atoms with Crippen LogP contribution in [0.2, 0.25) is 0 Å². The quantitative estimate of drug-likeness (QED) is 0.743. The van der Waals surface area contributed by atoms with Crippen molar-refractivity contribution in [3.63, 3.8) is 0 Å². The van der Waals surface area contributed by atoms with E-state index in [0.717, 1.165) is 39.0 Å². The third-order valence-electron chi connectivity index (χ3n) is 5.80. The lowest BCUT2D eigenvalue weighted by Gasteiger charge is -2.40. The molecule has 8 nitrogen and oxygen atoms in total. The second-order valence-corrected chi connectivity index (χ2v) is 7.22. The zero-order valence-corrected chi connectivity index (χ0v) is 14.7. The lowest BCUT2D eigenvalue weighted by molar-refractivity contribution is -0.122. The molecule has 2 saturated heterocycles. The normalized spacial score (nSPS) is 30.8. The number of fused-ring (bicyclic) bond motifs is 1. The van der Waals surface area contributed by atoms with Crippen molar-refractivity contribution in [1.82, 2.24) is 14.9 Å². The van der Waals surface area contributed by atoms with Crippen LogP contribution in [-0.2, 0) is 4.79 Å². The van der Waals surface area contributed by atoms with Gasteiger partial charge in [-0.2, -0.15) is 5.26 Å². The van der Waals surface area contributed by atoms with Crippen LogP contribution in [0.15, 0.2) is 12.4 Å². The average molecular weight is 359 g/mol. The number of rotatable bonds is 2. The molecule has 2 N–H and O–H groups in total. The Kier molecular flexibility index (Phi) is 6.01. The number of carboxylic acid groups (broad SMARTS) is 1. The van der Waals surface area contributed by atoms with E-state index in [1.807, 2.05) is 0 Å². The SMILES string of the molecule is N#Cc1nccnc1N1C[C@H]2C[C@@H](N3CCCC3)[C@H](O)C[C@H]2C1.O=CO. The number of aliphatic hydroxyl groups excluding tert-OH is 1. The van der Waals surface area contributed by atoms with Crippen molar-refractivity contribution >= 4 is 12.3 Å².